The molecule has 1 aliphatic rings. The molecule has 1 rings (SSSR count). The first-order valence-corrected chi connectivity index (χ1v) is 21.5. The smallest absolute Gasteiger partial charge is 0.306 e. The number of unbranched alkanes of at least 4 members (excludes halogenated alkanes) is 9. The van der Waals surface area contributed by atoms with Crippen molar-refractivity contribution < 1.29 is 56.8 Å². The van der Waals surface area contributed by atoms with Crippen molar-refractivity contribution in [2.75, 3.05) is 19.0 Å². The lowest BCUT2D eigenvalue weighted by atomic mass is 10.00. The van der Waals surface area contributed by atoms with Crippen LogP contribution in [0.25, 0.3) is 0 Å². The van der Waals surface area contributed by atoms with Crippen LogP contribution in [0.3, 0.4) is 0 Å². The van der Waals surface area contributed by atoms with E-state index in [9.17, 15) is 37.9 Å². The van der Waals surface area contributed by atoms with Gasteiger partial charge in [-0.15, -0.1) is 0 Å². The van der Waals surface area contributed by atoms with Gasteiger partial charge in [-0.1, -0.05) is 120 Å². The van der Waals surface area contributed by atoms with Crippen LogP contribution in [-0.4, -0.2) is 96.0 Å². The molecule has 1 heterocycles. The maximum absolute atomic E-state index is 12.7. The fourth-order valence-electron chi connectivity index (χ4n) is 5.52. The highest BCUT2D eigenvalue weighted by atomic mass is 32.2. The lowest BCUT2D eigenvalue weighted by Gasteiger charge is -2.40. The van der Waals surface area contributed by atoms with Crippen LogP contribution in [0.1, 0.15) is 129 Å². The van der Waals surface area contributed by atoms with Crippen molar-refractivity contribution in [1.82, 2.24) is 0 Å². The molecule has 0 saturated carbocycles. The van der Waals surface area contributed by atoms with Crippen molar-refractivity contribution in [3.05, 3.63) is 60.8 Å². The number of aliphatic hydroxyl groups is 3. The van der Waals surface area contributed by atoms with Crippen molar-refractivity contribution in [1.29, 1.82) is 0 Å². The third kappa shape index (κ3) is 26.2. The van der Waals surface area contributed by atoms with Gasteiger partial charge in [-0.05, 0) is 57.8 Å². The minimum absolute atomic E-state index is 0.123. The van der Waals surface area contributed by atoms with Gasteiger partial charge < -0.3 is 34.3 Å². The van der Waals surface area contributed by atoms with Crippen LogP contribution in [0.15, 0.2) is 60.8 Å². The molecule has 4 N–H and O–H groups in total. The molecule has 1 saturated heterocycles. The van der Waals surface area contributed by atoms with E-state index in [4.69, 9.17) is 18.9 Å². The molecule has 2 unspecified atom stereocenters. The Kier molecular flexibility index (Phi) is 28.8. The molecule has 0 aromatic rings. The summed E-state index contributed by atoms with van der Waals surface area (Å²) in [7, 11) is -4.60. The van der Waals surface area contributed by atoms with Crippen LogP contribution in [0, 0.1) is 0 Å². The Balaban J connectivity index is 2.50. The summed E-state index contributed by atoms with van der Waals surface area (Å²) in [6.45, 7) is 3.53. The molecule has 0 spiro atoms. The summed E-state index contributed by atoms with van der Waals surface area (Å²) < 4.78 is 53.7. The number of esters is 2. The molecule has 6 atom stereocenters. The molecule has 0 radical (unpaired) electrons. The summed E-state index contributed by atoms with van der Waals surface area (Å²) >= 11 is 0. The molecule has 1 fully saturated rings. The molecule has 0 aliphatic carbocycles. The molecule has 0 amide bonds. The van der Waals surface area contributed by atoms with Gasteiger partial charge in [0.25, 0.3) is 10.1 Å². The first-order chi connectivity index (χ1) is 26.0. The van der Waals surface area contributed by atoms with E-state index >= 15 is 0 Å². The Hall–Kier alpha value is -2.65. The number of ether oxygens (including phenoxy) is 4. The van der Waals surface area contributed by atoms with Gasteiger partial charge in [0.1, 0.15) is 36.8 Å². The van der Waals surface area contributed by atoms with Crippen molar-refractivity contribution >= 4 is 22.1 Å². The van der Waals surface area contributed by atoms with Crippen molar-refractivity contribution in [3.63, 3.8) is 0 Å². The molecule has 12 nitrogen and oxygen atoms in total. The van der Waals surface area contributed by atoms with Gasteiger partial charge in [0.05, 0.1) is 6.61 Å². The summed E-state index contributed by atoms with van der Waals surface area (Å²) in [5.74, 6) is -2.04. The van der Waals surface area contributed by atoms with Crippen molar-refractivity contribution in [2.45, 2.75) is 166 Å². The monoisotopic (exact) mass is 784 g/mol. The second-order valence-electron chi connectivity index (χ2n) is 13.6. The van der Waals surface area contributed by atoms with Gasteiger partial charge in [-0.3, -0.25) is 14.1 Å². The summed E-state index contributed by atoms with van der Waals surface area (Å²) in [6.07, 6.45) is 27.3. The summed E-state index contributed by atoms with van der Waals surface area (Å²) in [5, 5.41) is 30.7. The second kappa shape index (κ2) is 31.5. The highest BCUT2D eigenvalue weighted by molar-refractivity contribution is 7.85. The van der Waals surface area contributed by atoms with Gasteiger partial charge in [0.15, 0.2) is 12.4 Å². The van der Waals surface area contributed by atoms with Crippen LogP contribution in [0.4, 0.5) is 0 Å². The van der Waals surface area contributed by atoms with Crippen LogP contribution < -0.4 is 0 Å². The fraction of sp³-hybridized carbons (Fsp3) is 0.707. The average molecular weight is 785 g/mol. The van der Waals surface area contributed by atoms with E-state index in [2.05, 4.69) is 74.6 Å². The maximum atomic E-state index is 12.7. The predicted molar refractivity (Wildman–Crippen MR) is 210 cm³/mol. The zero-order valence-corrected chi connectivity index (χ0v) is 33.4. The summed E-state index contributed by atoms with van der Waals surface area (Å²) in [6, 6.07) is 0. The molecule has 13 heteroatoms. The molecular weight excluding hydrogens is 717 g/mol. The van der Waals surface area contributed by atoms with Gasteiger partial charge in [-0.2, -0.15) is 8.42 Å². The van der Waals surface area contributed by atoms with Crippen LogP contribution in [0.2, 0.25) is 0 Å². The van der Waals surface area contributed by atoms with E-state index in [1.54, 1.807) is 0 Å². The van der Waals surface area contributed by atoms with E-state index in [1.165, 1.54) is 12.8 Å². The number of aliphatic hydroxyl groups excluding tert-OH is 3. The lowest BCUT2D eigenvalue weighted by molar-refractivity contribution is -0.297. The first kappa shape index (κ1) is 49.4. The normalized spacial score (nSPS) is 21.6. The van der Waals surface area contributed by atoms with Crippen molar-refractivity contribution in [3.8, 4) is 0 Å². The van der Waals surface area contributed by atoms with E-state index in [-0.39, 0.29) is 19.4 Å². The van der Waals surface area contributed by atoms with Crippen LogP contribution >= 0.6 is 0 Å². The quantitative estimate of drug-likeness (QED) is 0.0245. The molecule has 54 heavy (non-hydrogen) atoms. The predicted octanol–water partition coefficient (Wildman–Crippen LogP) is 7.00. The van der Waals surface area contributed by atoms with E-state index in [1.807, 2.05) is 0 Å². The minimum atomic E-state index is -4.60. The molecule has 1 aliphatic heterocycles. The fourth-order valence-corrected chi connectivity index (χ4v) is 6.21. The van der Waals surface area contributed by atoms with Crippen molar-refractivity contribution in [2.24, 2.45) is 0 Å². The molecule has 0 aromatic carbocycles. The zero-order valence-electron chi connectivity index (χ0n) is 32.5. The van der Waals surface area contributed by atoms with Gasteiger partial charge >= 0.3 is 11.9 Å². The maximum Gasteiger partial charge on any atom is 0.306 e. The second-order valence-corrected chi connectivity index (χ2v) is 15.1. The number of rotatable bonds is 31. The lowest BCUT2D eigenvalue weighted by Crippen LogP contribution is -2.60. The third-order valence-corrected chi connectivity index (χ3v) is 9.36. The van der Waals surface area contributed by atoms with Crippen LogP contribution in [0.5, 0.6) is 0 Å². The first-order valence-electron chi connectivity index (χ1n) is 19.8. The molecule has 310 valence electrons. The SMILES string of the molecule is CC/C=C/C/C=C/C/C=C/C/C=C/C/C=C/CCCCCC(=O)O[C@H](COC(=O)CCCCCCCCC)CO[C@H]1O[C@H](CS(=O)(=O)O)[C@@H](O)C(O)C1O. The largest absolute Gasteiger partial charge is 0.462 e. The van der Waals surface area contributed by atoms with Crippen LogP contribution in [-0.2, 0) is 38.7 Å². The van der Waals surface area contributed by atoms with E-state index in [0.29, 0.717) is 12.8 Å². The molecule has 0 bridgehead atoms. The number of hydrogen-bond donors (Lipinski definition) is 4. The minimum Gasteiger partial charge on any atom is -0.462 e. The van der Waals surface area contributed by atoms with Gasteiger partial charge in [0.2, 0.25) is 0 Å². The molecular formula is C41H68O12S. The third-order valence-electron chi connectivity index (χ3n) is 8.61. The average Bonchev–Trinajstić information content (AvgIpc) is 3.13. The summed E-state index contributed by atoms with van der Waals surface area (Å²) in [5.41, 5.74) is 0. The molecule has 0 aromatic heterocycles. The highest BCUT2D eigenvalue weighted by Gasteiger charge is 2.46. The Morgan fingerprint density at radius 2 is 1.17 bits per heavy atom. The van der Waals surface area contributed by atoms with E-state index < -0.39 is 71.2 Å². The topological polar surface area (TPSA) is 186 Å². The number of hydrogen-bond acceptors (Lipinski definition) is 11. The Labute approximate surface area is 324 Å². The number of carbonyl (C=O) groups excluding carboxylic acids is 2. The Bertz CT molecular complexity index is 1240. The van der Waals surface area contributed by atoms with Gasteiger partial charge in [-0.25, -0.2) is 0 Å². The number of carbonyl (C=O) groups is 2. The standard InChI is InChI=1S/C41H68O12S/c1-3-5-7-9-11-12-13-14-15-16-17-18-19-20-21-22-24-26-28-30-37(43)52-34(31-50-36(42)29-27-25-23-10-8-6-4-2)32-51-41-40(46)39(45)38(44)35(53-41)33-54(47,48)49/h5,7,11-12,14-15,17-18,20-21,34-35,38-41,44-46H,3-4,6,8-10,13,16,19,22-33H2,1-2H3,(H,47,48,49)/b7-5+,12-11+,15-14+,18-17+,21-20+/t34-,35-,38-,39?,40?,41+/m1/s1. The Morgan fingerprint density at radius 3 is 1.74 bits per heavy atom. The highest BCUT2D eigenvalue weighted by Crippen LogP contribution is 2.24. The summed E-state index contributed by atoms with van der Waals surface area (Å²) in [4.78, 5) is 25.1. The number of allylic oxidation sites excluding steroid dienone is 10. The zero-order chi connectivity index (χ0) is 39.9. The van der Waals surface area contributed by atoms with E-state index in [0.717, 1.165) is 77.0 Å². The van der Waals surface area contributed by atoms with Gasteiger partial charge in [0, 0.05) is 12.8 Å². The Morgan fingerprint density at radius 1 is 0.648 bits per heavy atom.